The van der Waals surface area contributed by atoms with Crippen LogP contribution in [0, 0.1) is 0 Å². The first-order chi connectivity index (χ1) is 13.0. The number of amides is 3. The van der Waals surface area contributed by atoms with Crippen molar-refractivity contribution < 1.29 is 19.1 Å². The maximum atomic E-state index is 12.5. The van der Waals surface area contributed by atoms with Crippen LogP contribution in [0.25, 0.3) is 0 Å². The van der Waals surface area contributed by atoms with E-state index in [1.165, 1.54) is 16.2 Å². The number of piperazine rings is 1. The number of ether oxygens (including phenoxy) is 1. The summed E-state index contributed by atoms with van der Waals surface area (Å²) in [6.45, 7) is 5.48. The molecule has 3 amide bonds. The normalized spacial score (nSPS) is 18.4. The fourth-order valence-electron chi connectivity index (χ4n) is 3.22. The van der Waals surface area contributed by atoms with Gasteiger partial charge in [-0.1, -0.05) is 6.07 Å². The molecule has 0 unspecified atom stereocenters. The van der Waals surface area contributed by atoms with Crippen molar-refractivity contribution in [2.24, 2.45) is 0 Å². The molecule has 0 aliphatic carbocycles. The van der Waals surface area contributed by atoms with Crippen LogP contribution < -0.4 is 0 Å². The zero-order chi connectivity index (χ0) is 19.2. The molecule has 2 fully saturated rings. The average molecular weight is 394 g/mol. The maximum absolute atomic E-state index is 12.5. The Labute approximate surface area is 163 Å². The summed E-state index contributed by atoms with van der Waals surface area (Å²) in [7, 11) is 1.64. The molecule has 0 atom stereocenters. The summed E-state index contributed by atoms with van der Waals surface area (Å²) in [6.07, 6.45) is 0. The molecule has 148 valence electrons. The lowest BCUT2D eigenvalue weighted by Gasteiger charge is -2.36. The van der Waals surface area contributed by atoms with E-state index >= 15 is 0 Å². The number of carbonyl (C=O) groups excluding carboxylic acids is 3. The molecule has 2 aliphatic heterocycles. The van der Waals surface area contributed by atoms with Crippen LogP contribution in [-0.4, -0.2) is 110 Å². The van der Waals surface area contributed by atoms with Gasteiger partial charge in [-0.05, 0) is 11.4 Å². The molecule has 2 aliphatic rings. The first-order valence-corrected chi connectivity index (χ1v) is 10.1. The Hall–Kier alpha value is -1.97. The predicted molar refractivity (Wildman–Crippen MR) is 102 cm³/mol. The van der Waals surface area contributed by atoms with E-state index in [0.717, 1.165) is 13.1 Å². The highest BCUT2D eigenvalue weighted by Gasteiger charge is 2.27. The van der Waals surface area contributed by atoms with Gasteiger partial charge in [0.1, 0.15) is 0 Å². The minimum absolute atomic E-state index is 0.0540. The molecule has 0 aromatic carbocycles. The molecule has 1 aromatic rings. The first-order valence-electron chi connectivity index (χ1n) is 9.19. The number of thiophene rings is 1. The highest BCUT2D eigenvalue weighted by Crippen LogP contribution is 2.12. The van der Waals surface area contributed by atoms with Crippen molar-refractivity contribution in [2.45, 2.75) is 0 Å². The van der Waals surface area contributed by atoms with Crippen LogP contribution in [0.1, 0.15) is 9.67 Å². The second kappa shape index (κ2) is 9.29. The maximum Gasteiger partial charge on any atom is 0.264 e. The van der Waals surface area contributed by atoms with Crippen molar-refractivity contribution in [3.63, 3.8) is 0 Å². The number of rotatable bonds is 5. The first kappa shape index (κ1) is 19.8. The minimum atomic E-state index is -0.141. The molecule has 2 saturated heterocycles. The highest BCUT2D eigenvalue weighted by molar-refractivity contribution is 7.12. The molecule has 0 N–H and O–H groups in total. The smallest absolute Gasteiger partial charge is 0.264 e. The predicted octanol–water partition coefficient (Wildman–Crippen LogP) is -0.177. The van der Waals surface area contributed by atoms with E-state index in [4.69, 9.17) is 4.74 Å². The van der Waals surface area contributed by atoms with E-state index in [1.807, 2.05) is 16.3 Å². The Morgan fingerprint density at radius 3 is 2.26 bits per heavy atom. The summed E-state index contributed by atoms with van der Waals surface area (Å²) in [5.74, 6) is -0.116. The van der Waals surface area contributed by atoms with E-state index in [0.29, 0.717) is 50.8 Å². The largest absolute Gasteiger partial charge is 0.379 e. The standard InChI is InChI=1S/C18H26N4O4S/c1-19(18(25)15-3-2-12-27-15)13-16(23)21-4-6-22(7-5-21)17(24)14-20-8-10-26-11-9-20/h2-3,12H,4-11,13-14H2,1H3. The fourth-order valence-corrected chi connectivity index (χ4v) is 3.94. The van der Waals surface area contributed by atoms with Gasteiger partial charge in [0.15, 0.2) is 0 Å². The molecule has 27 heavy (non-hydrogen) atoms. The van der Waals surface area contributed by atoms with Crippen LogP contribution in [0.2, 0.25) is 0 Å². The van der Waals surface area contributed by atoms with Crippen LogP contribution >= 0.6 is 11.3 Å². The van der Waals surface area contributed by atoms with Crippen LogP contribution in [0.15, 0.2) is 17.5 Å². The second-order valence-electron chi connectivity index (χ2n) is 6.79. The molecule has 0 saturated carbocycles. The Morgan fingerprint density at radius 1 is 1.04 bits per heavy atom. The van der Waals surface area contributed by atoms with Gasteiger partial charge in [-0.2, -0.15) is 0 Å². The number of nitrogens with zero attached hydrogens (tertiary/aromatic N) is 4. The third kappa shape index (κ3) is 5.27. The van der Waals surface area contributed by atoms with Crippen molar-refractivity contribution in [3.8, 4) is 0 Å². The Balaban J connectivity index is 1.42. The number of carbonyl (C=O) groups is 3. The fraction of sp³-hybridized carbons (Fsp3) is 0.611. The number of hydrogen-bond acceptors (Lipinski definition) is 6. The van der Waals surface area contributed by atoms with Gasteiger partial charge in [0.2, 0.25) is 11.8 Å². The summed E-state index contributed by atoms with van der Waals surface area (Å²) in [6, 6.07) is 3.58. The van der Waals surface area contributed by atoms with Gasteiger partial charge in [0.05, 0.1) is 31.2 Å². The van der Waals surface area contributed by atoms with Gasteiger partial charge in [-0.25, -0.2) is 0 Å². The van der Waals surface area contributed by atoms with Crippen molar-refractivity contribution in [3.05, 3.63) is 22.4 Å². The number of hydrogen-bond donors (Lipinski definition) is 0. The van der Waals surface area contributed by atoms with Crippen LogP contribution in [0.3, 0.4) is 0 Å². The second-order valence-corrected chi connectivity index (χ2v) is 7.74. The Morgan fingerprint density at radius 2 is 1.67 bits per heavy atom. The zero-order valence-electron chi connectivity index (χ0n) is 15.6. The third-order valence-corrected chi connectivity index (χ3v) is 5.76. The Bertz CT molecular complexity index is 652. The SMILES string of the molecule is CN(CC(=O)N1CCN(C(=O)CN2CCOCC2)CC1)C(=O)c1cccs1. The van der Waals surface area contributed by atoms with Crippen LogP contribution in [-0.2, 0) is 14.3 Å². The number of likely N-dealkylation sites (N-methyl/N-ethyl adjacent to an activating group) is 1. The van der Waals surface area contributed by atoms with Crippen molar-refractivity contribution >= 4 is 29.1 Å². The molecule has 3 heterocycles. The van der Waals surface area contributed by atoms with E-state index in [2.05, 4.69) is 4.90 Å². The number of morpholine rings is 1. The van der Waals surface area contributed by atoms with Gasteiger partial charge >= 0.3 is 0 Å². The molecule has 1 aromatic heterocycles. The van der Waals surface area contributed by atoms with E-state index in [-0.39, 0.29) is 24.3 Å². The van der Waals surface area contributed by atoms with E-state index < -0.39 is 0 Å². The van der Waals surface area contributed by atoms with Crippen molar-refractivity contribution in [1.82, 2.24) is 19.6 Å². The van der Waals surface area contributed by atoms with Gasteiger partial charge < -0.3 is 19.4 Å². The monoisotopic (exact) mass is 394 g/mol. The summed E-state index contributed by atoms with van der Waals surface area (Å²) in [5.41, 5.74) is 0. The third-order valence-electron chi connectivity index (χ3n) is 4.90. The zero-order valence-corrected chi connectivity index (χ0v) is 16.4. The average Bonchev–Trinajstić information content (AvgIpc) is 3.23. The molecule has 0 bridgehead atoms. The summed E-state index contributed by atoms with van der Waals surface area (Å²) >= 11 is 1.37. The van der Waals surface area contributed by atoms with Gasteiger partial charge in [0, 0.05) is 46.3 Å². The van der Waals surface area contributed by atoms with E-state index in [9.17, 15) is 14.4 Å². The van der Waals surface area contributed by atoms with Gasteiger partial charge in [-0.15, -0.1) is 11.3 Å². The molecular formula is C18H26N4O4S. The summed E-state index contributed by atoms with van der Waals surface area (Å²) < 4.78 is 5.30. The Kier molecular flexibility index (Phi) is 6.81. The lowest BCUT2D eigenvalue weighted by atomic mass is 10.2. The summed E-state index contributed by atoms with van der Waals surface area (Å²) in [5, 5.41) is 1.84. The van der Waals surface area contributed by atoms with Crippen LogP contribution in [0.5, 0.6) is 0 Å². The minimum Gasteiger partial charge on any atom is -0.379 e. The molecule has 0 radical (unpaired) electrons. The topological polar surface area (TPSA) is 73.4 Å². The molecule has 8 nitrogen and oxygen atoms in total. The lowest BCUT2D eigenvalue weighted by Crippen LogP contribution is -2.54. The lowest BCUT2D eigenvalue weighted by molar-refractivity contribution is -0.141. The summed E-state index contributed by atoms with van der Waals surface area (Å²) in [4.78, 5) is 44.9. The quantitative estimate of drug-likeness (QED) is 0.693. The molecule has 3 rings (SSSR count). The highest BCUT2D eigenvalue weighted by atomic mass is 32.1. The van der Waals surface area contributed by atoms with Crippen LogP contribution in [0.4, 0.5) is 0 Å². The van der Waals surface area contributed by atoms with Crippen molar-refractivity contribution in [1.29, 1.82) is 0 Å². The molecule has 9 heteroatoms. The molecule has 0 spiro atoms. The van der Waals surface area contributed by atoms with Gasteiger partial charge in [-0.3, -0.25) is 19.3 Å². The molecular weight excluding hydrogens is 368 g/mol. The van der Waals surface area contributed by atoms with Crippen molar-refractivity contribution in [2.75, 3.05) is 72.6 Å². The van der Waals surface area contributed by atoms with E-state index in [1.54, 1.807) is 18.0 Å². The van der Waals surface area contributed by atoms with Gasteiger partial charge in [0.25, 0.3) is 5.91 Å².